The molecule has 9 nitrogen and oxygen atoms in total. The van der Waals surface area contributed by atoms with Crippen molar-refractivity contribution in [3.63, 3.8) is 0 Å². The van der Waals surface area contributed by atoms with E-state index in [1.807, 2.05) is 41.2 Å². The molecule has 0 aliphatic carbocycles. The summed E-state index contributed by atoms with van der Waals surface area (Å²) in [5, 5.41) is -0.0924. The minimum atomic E-state index is -2.35. The summed E-state index contributed by atoms with van der Waals surface area (Å²) in [6, 6.07) is 9.25. The molecule has 1 fully saturated rings. The molecule has 36 heavy (non-hydrogen) atoms. The summed E-state index contributed by atoms with van der Waals surface area (Å²) < 4.78 is 21.4. The van der Waals surface area contributed by atoms with Gasteiger partial charge in [0.05, 0.1) is 18.4 Å². The van der Waals surface area contributed by atoms with Crippen molar-refractivity contribution in [2.75, 3.05) is 17.9 Å². The fourth-order valence-electron chi connectivity index (χ4n) is 4.03. The van der Waals surface area contributed by atoms with Crippen LogP contribution >= 0.6 is 11.8 Å². The van der Waals surface area contributed by atoms with E-state index in [0.717, 1.165) is 0 Å². The molecular formula is C25H35N5O4SSi. The quantitative estimate of drug-likeness (QED) is 0.240. The Hall–Kier alpha value is -2.31. The molecular weight excluding hydrogens is 494 g/mol. The Morgan fingerprint density at radius 1 is 1.25 bits per heavy atom. The first kappa shape index (κ1) is 26.7. The van der Waals surface area contributed by atoms with E-state index < -0.39 is 26.8 Å². The predicted octanol–water partition coefficient (Wildman–Crippen LogP) is 4.68. The molecule has 0 radical (unpaired) electrons. The molecule has 2 N–H and O–H groups in total. The van der Waals surface area contributed by atoms with E-state index in [0.29, 0.717) is 34.9 Å². The molecule has 1 saturated heterocycles. The van der Waals surface area contributed by atoms with Gasteiger partial charge in [-0.05, 0) is 24.4 Å². The summed E-state index contributed by atoms with van der Waals surface area (Å²) in [5.74, 6) is 0.677. The number of hydrogen-bond acceptors (Lipinski definition) is 9. The fraction of sp³-hybridized carbons (Fsp3) is 0.520. The van der Waals surface area contributed by atoms with Crippen molar-refractivity contribution in [3.8, 4) is 0 Å². The van der Waals surface area contributed by atoms with Gasteiger partial charge in [0, 0.05) is 12.0 Å². The van der Waals surface area contributed by atoms with E-state index in [-0.39, 0.29) is 16.9 Å². The van der Waals surface area contributed by atoms with Crippen LogP contribution in [0.1, 0.15) is 43.8 Å². The third-order valence-corrected chi connectivity index (χ3v) is 11.9. The van der Waals surface area contributed by atoms with Crippen LogP contribution in [-0.2, 0) is 13.9 Å². The van der Waals surface area contributed by atoms with Crippen molar-refractivity contribution in [2.24, 2.45) is 0 Å². The van der Waals surface area contributed by atoms with Gasteiger partial charge in [-0.3, -0.25) is 9.36 Å². The number of ether oxygens (including phenoxy) is 2. The Labute approximate surface area is 217 Å². The second kappa shape index (κ2) is 10.6. The number of Topliss-reactive ketones (excluding diaryl/α,β-unsaturated/α-hetero) is 1. The number of imidazole rings is 1. The molecule has 0 saturated carbocycles. The van der Waals surface area contributed by atoms with E-state index in [1.54, 1.807) is 18.1 Å². The molecule has 1 unspecified atom stereocenters. The maximum atomic E-state index is 13.9. The Morgan fingerprint density at radius 3 is 2.64 bits per heavy atom. The number of nitrogens with two attached hydrogens (primary N) is 1. The monoisotopic (exact) mass is 529 g/mol. The highest BCUT2D eigenvalue weighted by Gasteiger charge is 2.49. The molecule has 1 aromatic carbocycles. The zero-order valence-electron chi connectivity index (χ0n) is 21.7. The summed E-state index contributed by atoms with van der Waals surface area (Å²) in [6.07, 6.45) is 3.31. The fourth-order valence-corrected chi connectivity index (χ4v) is 5.57. The highest BCUT2D eigenvalue weighted by Crippen LogP contribution is 2.41. The van der Waals surface area contributed by atoms with Crippen molar-refractivity contribution in [3.05, 3.63) is 48.5 Å². The molecule has 4 atom stereocenters. The van der Waals surface area contributed by atoms with Crippen LogP contribution in [0, 0.1) is 0 Å². The molecule has 0 amide bonds. The highest BCUT2D eigenvalue weighted by atomic mass is 32.2. The van der Waals surface area contributed by atoms with Gasteiger partial charge in [0.1, 0.15) is 30.3 Å². The average molecular weight is 530 g/mol. The number of nitrogens with zero attached hydrogens (tertiary/aromatic N) is 4. The molecule has 0 spiro atoms. The van der Waals surface area contributed by atoms with Crippen LogP contribution in [0.3, 0.4) is 0 Å². The lowest BCUT2D eigenvalue weighted by Gasteiger charge is -2.40. The number of thioether (sulfide) groups is 1. The standard InChI is InChI=1S/C25H35N5O4SSi/c1-25(2,3)36(5,6)34-22(20(31)16-10-8-7-9-11-16)21-17(32-15-35-4)12-18(33-21)30-14-29-19-23(26)27-13-28-24(19)30/h7-11,13-14,17-18,21-22H,12,15H2,1-6H3,(H2,26,27,28)/t17-,18+,21-,22?/m0/s1. The second-order valence-corrected chi connectivity index (χ2v) is 16.1. The van der Waals surface area contributed by atoms with Gasteiger partial charge in [-0.2, -0.15) is 0 Å². The van der Waals surface area contributed by atoms with Gasteiger partial charge in [0.2, 0.25) is 0 Å². The number of anilines is 1. The molecule has 4 rings (SSSR count). The average Bonchev–Trinajstić information content (AvgIpc) is 3.45. The number of ketones is 1. The highest BCUT2D eigenvalue weighted by molar-refractivity contribution is 7.98. The predicted molar refractivity (Wildman–Crippen MR) is 144 cm³/mol. The Kier molecular flexibility index (Phi) is 7.86. The summed E-state index contributed by atoms with van der Waals surface area (Å²) in [4.78, 5) is 26.7. The lowest BCUT2D eigenvalue weighted by atomic mass is 9.99. The van der Waals surface area contributed by atoms with Crippen molar-refractivity contribution in [1.82, 2.24) is 19.5 Å². The van der Waals surface area contributed by atoms with Crippen LogP contribution in [0.2, 0.25) is 18.1 Å². The van der Waals surface area contributed by atoms with Crippen molar-refractivity contribution in [1.29, 1.82) is 0 Å². The van der Waals surface area contributed by atoms with Crippen LogP contribution in [0.4, 0.5) is 5.82 Å². The molecule has 194 valence electrons. The second-order valence-electron chi connectivity index (χ2n) is 10.5. The van der Waals surface area contributed by atoms with E-state index in [2.05, 4.69) is 48.8 Å². The van der Waals surface area contributed by atoms with E-state index in [1.165, 1.54) is 6.33 Å². The van der Waals surface area contributed by atoms with Gasteiger partial charge in [-0.15, -0.1) is 11.8 Å². The van der Waals surface area contributed by atoms with Crippen molar-refractivity contribution < 1.29 is 18.7 Å². The number of aromatic nitrogens is 4. The molecule has 1 aliphatic rings. The van der Waals surface area contributed by atoms with Crippen molar-refractivity contribution in [2.45, 2.75) is 69.9 Å². The minimum Gasteiger partial charge on any atom is -0.404 e. The normalized spacial score (nSPS) is 21.7. The number of rotatable bonds is 9. The van der Waals surface area contributed by atoms with E-state index in [9.17, 15) is 4.79 Å². The van der Waals surface area contributed by atoms with Gasteiger partial charge in [-0.25, -0.2) is 15.0 Å². The third kappa shape index (κ3) is 5.35. The Bertz CT molecular complexity index is 1200. The van der Waals surface area contributed by atoms with Crippen LogP contribution < -0.4 is 5.73 Å². The number of carbonyl (C=O) groups is 1. The third-order valence-electron chi connectivity index (χ3n) is 7.05. The lowest BCUT2D eigenvalue weighted by Crippen LogP contribution is -2.52. The number of nitrogen functional groups attached to an aromatic ring is 1. The zero-order valence-corrected chi connectivity index (χ0v) is 23.5. The summed E-state index contributed by atoms with van der Waals surface area (Å²) in [5.41, 5.74) is 7.68. The van der Waals surface area contributed by atoms with Gasteiger partial charge >= 0.3 is 0 Å². The maximum Gasteiger partial charge on any atom is 0.193 e. The Balaban J connectivity index is 1.73. The first-order chi connectivity index (χ1) is 17.0. The summed E-state index contributed by atoms with van der Waals surface area (Å²) in [7, 11) is -2.35. The molecule has 3 heterocycles. The zero-order chi connectivity index (χ0) is 26.1. The molecule has 2 aromatic heterocycles. The summed E-state index contributed by atoms with van der Waals surface area (Å²) in [6.45, 7) is 10.8. The van der Waals surface area contributed by atoms with Crippen LogP contribution in [-0.4, -0.2) is 64.1 Å². The lowest BCUT2D eigenvalue weighted by molar-refractivity contribution is -0.0741. The largest absolute Gasteiger partial charge is 0.404 e. The van der Waals surface area contributed by atoms with E-state index >= 15 is 0 Å². The van der Waals surface area contributed by atoms with E-state index in [4.69, 9.17) is 19.6 Å². The van der Waals surface area contributed by atoms with Crippen molar-refractivity contribution >= 4 is 42.8 Å². The van der Waals surface area contributed by atoms with Crippen LogP contribution in [0.5, 0.6) is 0 Å². The minimum absolute atomic E-state index is 0.0924. The van der Waals surface area contributed by atoms with Gasteiger partial charge in [0.25, 0.3) is 0 Å². The summed E-state index contributed by atoms with van der Waals surface area (Å²) >= 11 is 1.58. The number of hydrogen-bond donors (Lipinski definition) is 1. The molecule has 3 aromatic rings. The molecule has 11 heteroatoms. The first-order valence-electron chi connectivity index (χ1n) is 12.0. The SMILES string of the molecule is CSCO[C@H]1C[C@H](n2cnc3c(N)ncnc32)O[C@@H]1C(O[Si](C)(C)C(C)(C)C)C(=O)c1ccccc1. The number of carbonyl (C=O) groups excluding carboxylic acids is 1. The smallest absolute Gasteiger partial charge is 0.193 e. The maximum absolute atomic E-state index is 13.9. The van der Waals surface area contributed by atoms with Crippen LogP contribution in [0.25, 0.3) is 11.2 Å². The van der Waals surface area contributed by atoms with Crippen LogP contribution in [0.15, 0.2) is 43.0 Å². The van der Waals surface area contributed by atoms with Gasteiger partial charge < -0.3 is 19.6 Å². The topological polar surface area (TPSA) is 114 Å². The number of benzene rings is 1. The first-order valence-corrected chi connectivity index (χ1v) is 16.3. The van der Waals surface area contributed by atoms with Gasteiger partial charge in [0.15, 0.2) is 25.6 Å². The Morgan fingerprint density at radius 2 is 1.97 bits per heavy atom. The molecule has 1 aliphatic heterocycles. The molecule has 0 bridgehead atoms. The number of fused-ring (bicyclic) bond motifs is 1. The van der Waals surface area contributed by atoms with Gasteiger partial charge in [-0.1, -0.05) is 51.1 Å².